The van der Waals surface area contributed by atoms with Gasteiger partial charge < -0.3 is 14.8 Å². The van der Waals surface area contributed by atoms with Crippen LogP contribution < -0.4 is 5.32 Å². The number of amides is 2. The fourth-order valence-corrected chi connectivity index (χ4v) is 8.97. The number of carbonyl (C=O) groups is 2. The van der Waals surface area contributed by atoms with E-state index in [0.717, 1.165) is 50.2 Å². The summed E-state index contributed by atoms with van der Waals surface area (Å²) in [6, 6.07) is 21.3. The maximum absolute atomic E-state index is 13.3. The number of likely N-dealkylation sites (tertiary alicyclic amines) is 1. The first-order chi connectivity index (χ1) is 20.9. The molecule has 0 spiro atoms. The van der Waals surface area contributed by atoms with Gasteiger partial charge in [0.1, 0.15) is 10.7 Å². The van der Waals surface area contributed by atoms with Crippen LogP contribution in [0.3, 0.4) is 0 Å². The van der Waals surface area contributed by atoms with E-state index in [4.69, 9.17) is 4.98 Å². The second-order valence-corrected chi connectivity index (χ2v) is 13.7. The van der Waals surface area contributed by atoms with Crippen molar-refractivity contribution in [3.63, 3.8) is 0 Å². The Morgan fingerprint density at radius 3 is 2.40 bits per heavy atom. The molecule has 9 heteroatoms. The Morgan fingerprint density at radius 1 is 0.977 bits per heavy atom. The summed E-state index contributed by atoms with van der Waals surface area (Å²) in [5.41, 5.74) is 3.83. The summed E-state index contributed by atoms with van der Waals surface area (Å²) in [6.45, 7) is 6.16. The quantitative estimate of drug-likeness (QED) is 0.275. The molecule has 8 nitrogen and oxygen atoms in total. The number of piperidine rings is 2. The van der Waals surface area contributed by atoms with Crippen molar-refractivity contribution in [1.82, 2.24) is 24.3 Å². The van der Waals surface area contributed by atoms with Gasteiger partial charge in [0.05, 0.1) is 17.2 Å². The number of para-hydroxylation sites is 2. The Bertz CT molecular complexity index is 1610. The second-order valence-electron chi connectivity index (χ2n) is 12.7. The van der Waals surface area contributed by atoms with Crippen molar-refractivity contribution >= 4 is 39.3 Å². The Morgan fingerprint density at radius 2 is 1.67 bits per heavy atom. The van der Waals surface area contributed by atoms with Crippen LogP contribution in [0.15, 0.2) is 60.8 Å². The lowest BCUT2D eigenvalue weighted by Gasteiger charge is -2.45. The first-order valence-electron chi connectivity index (χ1n) is 15.7. The largest absolute Gasteiger partial charge is 0.338 e. The molecule has 224 valence electrons. The van der Waals surface area contributed by atoms with Crippen molar-refractivity contribution in [3.05, 3.63) is 77.1 Å². The molecule has 1 N–H and O–H groups in total. The molecular weight excluding hydrogens is 556 g/mol. The van der Waals surface area contributed by atoms with Gasteiger partial charge in [0.15, 0.2) is 5.13 Å². The van der Waals surface area contributed by atoms with Crippen LogP contribution in [0.1, 0.15) is 79.0 Å². The lowest BCUT2D eigenvalue weighted by Crippen LogP contribution is -2.49. The van der Waals surface area contributed by atoms with Crippen LogP contribution in [-0.4, -0.2) is 67.9 Å². The molecule has 0 saturated carbocycles. The van der Waals surface area contributed by atoms with E-state index in [1.54, 1.807) is 6.20 Å². The molecule has 1 unspecified atom stereocenters. The maximum atomic E-state index is 13.3. The Hall–Kier alpha value is -3.56. The molecule has 3 aliphatic heterocycles. The van der Waals surface area contributed by atoms with E-state index < -0.39 is 0 Å². The summed E-state index contributed by atoms with van der Waals surface area (Å²) < 4.78 is 2.51. The number of thiazole rings is 1. The van der Waals surface area contributed by atoms with Crippen LogP contribution in [-0.2, 0) is 10.2 Å². The third-order valence-corrected chi connectivity index (χ3v) is 11.1. The summed E-state index contributed by atoms with van der Waals surface area (Å²) >= 11 is 1.25. The standard InChI is InChI=1S/C34H40N6O2S/c1-23-36-29-10-6-7-11-30(29)40(23)28-20-26-12-13-27(21-28)39(26)19-16-34(25-8-4-3-5-9-25)14-17-38(18-15-34)32(42)31-22-35-33(43-31)37-24(2)41/h3-11,22,26-28H,12-21H2,1-2H3,(H,35,37,41)/t26-,27+,28?. The number of imidazole rings is 1. The van der Waals surface area contributed by atoms with Gasteiger partial charge in [0.25, 0.3) is 5.91 Å². The van der Waals surface area contributed by atoms with E-state index in [-0.39, 0.29) is 17.2 Å². The summed E-state index contributed by atoms with van der Waals surface area (Å²) in [5.74, 6) is 0.966. The summed E-state index contributed by atoms with van der Waals surface area (Å²) in [4.78, 5) is 39.2. The van der Waals surface area contributed by atoms with Gasteiger partial charge in [-0.2, -0.15) is 0 Å². The van der Waals surface area contributed by atoms with Crippen molar-refractivity contribution in [1.29, 1.82) is 0 Å². The minimum atomic E-state index is -0.179. The first-order valence-corrected chi connectivity index (χ1v) is 16.5. The number of carbonyl (C=O) groups excluding carboxylic acids is 2. The number of aromatic nitrogens is 3. The smallest absolute Gasteiger partial charge is 0.265 e. The number of rotatable bonds is 7. The summed E-state index contributed by atoms with van der Waals surface area (Å²) in [6.07, 6.45) is 9.53. The molecule has 2 aromatic carbocycles. The van der Waals surface area contributed by atoms with Gasteiger partial charge in [0, 0.05) is 38.1 Å². The normalized spacial score (nSPS) is 23.5. The summed E-state index contributed by atoms with van der Waals surface area (Å²) in [5, 5.41) is 3.16. The van der Waals surface area contributed by atoms with Gasteiger partial charge in [-0.25, -0.2) is 9.97 Å². The molecule has 3 saturated heterocycles. The van der Waals surface area contributed by atoms with E-state index >= 15 is 0 Å². The SMILES string of the molecule is CC(=O)Nc1ncc(C(=O)N2CCC(CCN3[C@@H]4CC[C@H]3CC(n3c(C)nc5ccccc53)C4)(c3ccccc3)CC2)s1. The molecule has 4 aromatic rings. The lowest BCUT2D eigenvalue weighted by atomic mass is 9.70. The summed E-state index contributed by atoms with van der Waals surface area (Å²) in [7, 11) is 0. The highest BCUT2D eigenvalue weighted by atomic mass is 32.1. The molecule has 0 radical (unpaired) electrons. The van der Waals surface area contributed by atoms with E-state index in [2.05, 4.69) is 81.3 Å². The van der Waals surface area contributed by atoms with Crippen LogP contribution in [0.4, 0.5) is 5.13 Å². The minimum Gasteiger partial charge on any atom is -0.338 e. The number of aryl methyl sites for hydroxylation is 1. The third kappa shape index (κ3) is 5.38. The lowest BCUT2D eigenvalue weighted by molar-refractivity contribution is -0.114. The molecule has 3 atom stereocenters. The number of nitrogens with one attached hydrogen (secondary N) is 1. The number of nitrogens with zero attached hydrogens (tertiary/aromatic N) is 5. The van der Waals surface area contributed by atoms with Crippen molar-refractivity contribution in [2.75, 3.05) is 25.0 Å². The minimum absolute atomic E-state index is 0.0122. The van der Waals surface area contributed by atoms with E-state index in [0.29, 0.717) is 28.1 Å². The molecule has 5 heterocycles. The molecule has 2 amide bonds. The first kappa shape index (κ1) is 28.2. The van der Waals surface area contributed by atoms with Crippen LogP contribution in [0.5, 0.6) is 0 Å². The monoisotopic (exact) mass is 596 g/mol. The van der Waals surface area contributed by atoms with Crippen LogP contribution in [0, 0.1) is 6.92 Å². The highest BCUT2D eigenvalue weighted by Gasteiger charge is 2.44. The predicted octanol–water partition coefficient (Wildman–Crippen LogP) is 6.19. The zero-order valence-electron chi connectivity index (χ0n) is 25.0. The van der Waals surface area contributed by atoms with Gasteiger partial charge in [-0.3, -0.25) is 14.5 Å². The van der Waals surface area contributed by atoms with Gasteiger partial charge in [-0.1, -0.05) is 53.8 Å². The fourth-order valence-electron chi connectivity index (χ4n) is 8.14. The fraction of sp³-hybridized carbons (Fsp3) is 0.471. The van der Waals surface area contributed by atoms with E-state index in [1.165, 1.54) is 55.0 Å². The number of hydrogen-bond acceptors (Lipinski definition) is 6. The van der Waals surface area contributed by atoms with Gasteiger partial charge >= 0.3 is 0 Å². The average molecular weight is 597 g/mol. The Labute approximate surface area is 257 Å². The zero-order valence-corrected chi connectivity index (χ0v) is 25.9. The second kappa shape index (κ2) is 11.5. The third-order valence-electron chi connectivity index (χ3n) is 10.2. The molecule has 3 aliphatic rings. The van der Waals surface area contributed by atoms with Crippen LogP contribution in [0.2, 0.25) is 0 Å². The molecular formula is C34H40N6O2S. The molecule has 2 aromatic heterocycles. The Balaban J connectivity index is 1.04. The van der Waals surface area contributed by atoms with E-state index in [9.17, 15) is 9.59 Å². The van der Waals surface area contributed by atoms with Crippen LogP contribution in [0.25, 0.3) is 11.0 Å². The van der Waals surface area contributed by atoms with Gasteiger partial charge in [-0.15, -0.1) is 0 Å². The number of fused-ring (bicyclic) bond motifs is 3. The molecule has 2 bridgehead atoms. The predicted molar refractivity (Wildman–Crippen MR) is 171 cm³/mol. The zero-order chi connectivity index (χ0) is 29.6. The molecule has 7 rings (SSSR count). The topological polar surface area (TPSA) is 83.4 Å². The number of hydrogen-bond donors (Lipinski definition) is 1. The van der Waals surface area contributed by atoms with E-state index in [1.807, 2.05) is 4.90 Å². The van der Waals surface area contributed by atoms with Crippen molar-refractivity contribution in [2.45, 2.75) is 82.3 Å². The molecule has 3 fully saturated rings. The highest BCUT2D eigenvalue weighted by molar-refractivity contribution is 7.17. The van der Waals surface area contributed by atoms with Crippen molar-refractivity contribution in [2.24, 2.45) is 0 Å². The number of anilines is 1. The molecule has 43 heavy (non-hydrogen) atoms. The Kier molecular flexibility index (Phi) is 7.55. The maximum Gasteiger partial charge on any atom is 0.265 e. The van der Waals surface area contributed by atoms with Gasteiger partial charge in [0.2, 0.25) is 5.91 Å². The van der Waals surface area contributed by atoms with Crippen LogP contribution >= 0.6 is 11.3 Å². The number of benzene rings is 2. The van der Waals surface area contributed by atoms with Crippen molar-refractivity contribution in [3.8, 4) is 0 Å². The molecule has 0 aliphatic carbocycles. The average Bonchev–Trinajstić information content (AvgIpc) is 3.68. The van der Waals surface area contributed by atoms with Gasteiger partial charge in [-0.05, 0) is 81.5 Å². The highest BCUT2D eigenvalue weighted by Crippen LogP contribution is 2.45. The van der Waals surface area contributed by atoms with Crippen molar-refractivity contribution < 1.29 is 9.59 Å².